The summed E-state index contributed by atoms with van der Waals surface area (Å²) in [6.07, 6.45) is -1.66. The van der Waals surface area contributed by atoms with E-state index in [4.69, 9.17) is 26.8 Å². The number of aliphatic hydroxyl groups is 4. The molecule has 14 heavy (non-hydrogen) atoms. The van der Waals surface area contributed by atoms with Gasteiger partial charge in [-0.25, -0.2) is 0 Å². The van der Waals surface area contributed by atoms with Crippen LogP contribution in [0.2, 0.25) is 4.13 Å². The number of rotatable bonds is 5. The van der Waals surface area contributed by atoms with Crippen LogP contribution in [0, 0.1) is 0 Å². The second-order valence-corrected chi connectivity index (χ2v) is 7.34. The van der Waals surface area contributed by atoms with E-state index in [-0.39, 0.29) is 6.61 Å². The topological polar surface area (TPSA) is 133 Å². The largest absolute Gasteiger partial charge is 0.329 e. The van der Waals surface area contributed by atoms with E-state index >= 15 is 0 Å². The Hall–Kier alpha value is 0.643. The molecule has 7 heteroatoms. The molecular weight excluding hydrogens is 267 g/mol. The fraction of sp³-hybridized carbons (Fsp3) is 1.00. The van der Waals surface area contributed by atoms with Gasteiger partial charge >= 0.3 is 70.9 Å². The van der Waals surface area contributed by atoms with Crippen molar-refractivity contribution in [2.75, 3.05) is 19.7 Å². The second kappa shape index (κ2) is 10.2. The molecule has 0 aliphatic heterocycles. The van der Waals surface area contributed by atoms with Gasteiger partial charge in [0.1, 0.15) is 0 Å². The van der Waals surface area contributed by atoms with Crippen molar-refractivity contribution in [3.63, 3.8) is 0 Å². The van der Waals surface area contributed by atoms with Gasteiger partial charge in [-0.15, -0.1) is 0 Å². The van der Waals surface area contributed by atoms with Crippen molar-refractivity contribution in [3.05, 3.63) is 0 Å². The molecule has 0 spiro atoms. The van der Waals surface area contributed by atoms with Crippen LogP contribution >= 0.6 is 0 Å². The fourth-order valence-corrected chi connectivity index (χ4v) is 2.37. The molecule has 0 aliphatic rings. The molecule has 1 unspecified atom stereocenters. The van der Waals surface area contributed by atoms with E-state index in [0.717, 1.165) is 0 Å². The Bertz CT molecular complexity index is 122. The molecule has 0 bridgehead atoms. The molecular formula is C7H20N2O4Zr. The van der Waals surface area contributed by atoms with E-state index in [1.807, 2.05) is 0 Å². The van der Waals surface area contributed by atoms with Crippen molar-refractivity contribution >= 4 is 0 Å². The number of nitrogens with two attached hydrogens (primary N) is 2. The quantitative estimate of drug-likeness (QED) is 0.307. The van der Waals surface area contributed by atoms with Crippen molar-refractivity contribution in [1.82, 2.24) is 0 Å². The summed E-state index contributed by atoms with van der Waals surface area (Å²) in [5.74, 6) is 0. The minimum absolute atomic E-state index is 0.0228. The van der Waals surface area contributed by atoms with Gasteiger partial charge in [-0.3, -0.25) is 0 Å². The molecule has 0 saturated carbocycles. The number of aliphatic hydroxyl groups excluding tert-OH is 2. The average molecular weight is 287 g/mol. The van der Waals surface area contributed by atoms with Gasteiger partial charge in [0.15, 0.2) is 0 Å². The molecule has 0 rings (SSSR count). The molecule has 0 fully saturated rings. The Morgan fingerprint density at radius 2 is 1.71 bits per heavy atom. The Morgan fingerprint density at radius 3 is 1.93 bits per heavy atom. The van der Waals surface area contributed by atoms with Crippen LogP contribution in [0.25, 0.3) is 0 Å². The summed E-state index contributed by atoms with van der Waals surface area (Å²) in [4.78, 5) is 0. The molecule has 1 atom stereocenters. The Balaban J connectivity index is 0. The summed E-state index contributed by atoms with van der Waals surface area (Å²) in [6, 6.07) is 0. The molecule has 0 aromatic heterocycles. The predicted octanol–water partition coefficient (Wildman–Crippen LogP) is -2.60. The predicted molar refractivity (Wildman–Crippen MR) is 48.9 cm³/mol. The SMILES string of the molecule is C[C](O)([Zr][CH2]CO)C(O)O.NCCN. The second-order valence-electron chi connectivity index (χ2n) is 2.75. The molecule has 0 aliphatic carbocycles. The summed E-state index contributed by atoms with van der Waals surface area (Å²) in [5, 5.41) is 34.7. The number of hydrogen-bond acceptors (Lipinski definition) is 6. The van der Waals surface area contributed by atoms with Gasteiger partial charge in [0, 0.05) is 13.1 Å². The molecule has 6 nitrogen and oxygen atoms in total. The van der Waals surface area contributed by atoms with Crippen molar-refractivity contribution < 1.29 is 43.7 Å². The first-order valence-corrected chi connectivity index (χ1v) is 7.23. The summed E-state index contributed by atoms with van der Waals surface area (Å²) < 4.78 is -0.792. The van der Waals surface area contributed by atoms with E-state index in [1.165, 1.54) is 6.92 Å². The van der Waals surface area contributed by atoms with Crippen LogP contribution in [0.1, 0.15) is 6.92 Å². The summed E-state index contributed by atoms with van der Waals surface area (Å²) >= 11 is -1.27. The zero-order valence-electron chi connectivity index (χ0n) is 8.35. The maximum atomic E-state index is 9.19. The average Bonchev–Trinajstić information content (AvgIpc) is 2.15. The molecule has 86 valence electrons. The zero-order chi connectivity index (χ0) is 11.6. The maximum Gasteiger partial charge on any atom is 0.00461 e. The smallest absolute Gasteiger partial charge is 0.00461 e. The van der Waals surface area contributed by atoms with Gasteiger partial charge in [-0.05, 0) is 0 Å². The Kier molecular flexibility index (Phi) is 12.4. The van der Waals surface area contributed by atoms with Gasteiger partial charge < -0.3 is 11.5 Å². The van der Waals surface area contributed by atoms with Crippen molar-refractivity contribution in [3.8, 4) is 0 Å². The first-order valence-electron chi connectivity index (χ1n) is 4.26. The third-order valence-electron chi connectivity index (χ3n) is 1.26. The van der Waals surface area contributed by atoms with E-state index in [9.17, 15) is 5.11 Å². The molecule has 0 saturated heterocycles. The normalized spacial score (nSPS) is 14.3. The van der Waals surface area contributed by atoms with Gasteiger partial charge in [0.2, 0.25) is 0 Å². The van der Waals surface area contributed by atoms with Crippen LogP contribution < -0.4 is 11.5 Å². The summed E-state index contributed by atoms with van der Waals surface area (Å²) in [7, 11) is 0. The van der Waals surface area contributed by atoms with Crippen LogP contribution in [-0.4, -0.2) is 49.7 Å². The van der Waals surface area contributed by atoms with Crippen LogP contribution in [0.15, 0.2) is 0 Å². The van der Waals surface area contributed by atoms with Crippen LogP contribution in [0.4, 0.5) is 0 Å². The van der Waals surface area contributed by atoms with Crippen molar-refractivity contribution in [1.29, 1.82) is 0 Å². The van der Waals surface area contributed by atoms with E-state index in [0.29, 0.717) is 17.2 Å². The zero-order valence-corrected chi connectivity index (χ0v) is 10.8. The standard InChI is InChI=1S/C3H7O3.C2H8N2.C2H5O.Zr/c1-2(4)3(5)6;3-1-2-4;1-2-3;/h3-6H,1H3;1-4H2;3H,1-2H2;. The number of hydrogen-bond donors (Lipinski definition) is 6. The Labute approximate surface area is 95.5 Å². The first-order chi connectivity index (χ1) is 6.42. The van der Waals surface area contributed by atoms with Crippen LogP contribution in [0.3, 0.4) is 0 Å². The van der Waals surface area contributed by atoms with E-state index in [1.54, 1.807) is 0 Å². The van der Waals surface area contributed by atoms with Gasteiger partial charge in [-0.2, -0.15) is 0 Å². The first kappa shape index (κ1) is 17.1. The molecule has 0 heterocycles. The third kappa shape index (κ3) is 10.7. The van der Waals surface area contributed by atoms with Gasteiger partial charge in [-0.1, -0.05) is 0 Å². The van der Waals surface area contributed by atoms with Crippen LogP contribution in [0.5, 0.6) is 0 Å². The molecule has 0 aromatic rings. The van der Waals surface area contributed by atoms with Crippen molar-refractivity contribution in [2.24, 2.45) is 11.5 Å². The van der Waals surface area contributed by atoms with E-state index < -0.39 is 32.8 Å². The minimum Gasteiger partial charge on any atom is -0.329 e. The summed E-state index contributed by atoms with van der Waals surface area (Å²) in [6.45, 7) is 2.61. The van der Waals surface area contributed by atoms with Crippen LogP contribution in [-0.2, 0) is 23.2 Å². The third-order valence-corrected chi connectivity index (χ3v) is 4.82. The fourth-order valence-electron chi connectivity index (χ4n) is 0.400. The van der Waals surface area contributed by atoms with Crippen molar-refractivity contribution in [2.45, 2.75) is 20.7 Å². The molecule has 0 radical (unpaired) electrons. The van der Waals surface area contributed by atoms with E-state index in [2.05, 4.69) is 0 Å². The Morgan fingerprint density at radius 1 is 1.29 bits per heavy atom. The summed E-state index contributed by atoms with van der Waals surface area (Å²) in [5.41, 5.74) is 9.81. The molecule has 0 aromatic carbocycles. The minimum atomic E-state index is -1.66. The monoisotopic (exact) mass is 286 g/mol. The molecule has 8 N–H and O–H groups in total. The van der Waals surface area contributed by atoms with Gasteiger partial charge in [0.25, 0.3) is 0 Å². The van der Waals surface area contributed by atoms with Gasteiger partial charge in [0.05, 0.1) is 0 Å². The maximum absolute atomic E-state index is 9.19. The molecule has 0 amide bonds.